The summed E-state index contributed by atoms with van der Waals surface area (Å²) in [7, 11) is 1.82. The van der Waals surface area contributed by atoms with Crippen LogP contribution in [0, 0.1) is 18.8 Å². The number of benzene rings is 1. The first-order valence-electron chi connectivity index (χ1n) is 6.43. The zero-order valence-electron chi connectivity index (χ0n) is 11.9. The van der Waals surface area contributed by atoms with E-state index < -0.39 is 0 Å². The zero-order valence-corrected chi connectivity index (χ0v) is 11.9. The number of aliphatic hydroxyl groups is 1. The topological polar surface area (TPSA) is 80.0 Å². The van der Waals surface area contributed by atoms with E-state index in [1.807, 2.05) is 14.0 Å². The Hall–Kier alpha value is -2.65. The molecule has 1 aromatic carbocycles. The molecule has 0 spiro atoms. The van der Waals surface area contributed by atoms with Crippen LogP contribution >= 0.6 is 0 Å². The minimum absolute atomic E-state index is 0.178. The number of nitrogens with one attached hydrogen (secondary N) is 1. The van der Waals surface area contributed by atoms with Crippen LogP contribution in [0.1, 0.15) is 27.3 Å². The molecule has 1 heterocycles. The lowest BCUT2D eigenvalue weighted by molar-refractivity contribution is 0.0949. The van der Waals surface area contributed by atoms with Crippen LogP contribution in [0.5, 0.6) is 0 Å². The highest BCUT2D eigenvalue weighted by Gasteiger charge is 2.08. The van der Waals surface area contributed by atoms with Gasteiger partial charge in [-0.05, 0) is 30.7 Å². The molecular weight excluding hydrogens is 268 g/mol. The molecule has 0 saturated carbocycles. The van der Waals surface area contributed by atoms with E-state index in [9.17, 15) is 4.79 Å². The van der Waals surface area contributed by atoms with Gasteiger partial charge in [-0.2, -0.15) is 0 Å². The number of carbonyl (C=O) groups is 1. The number of hydrogen-bond donors (Lipinski definition) is 2. The maximum Gasteiger partial charge on any atom is 0.251 e. The lowest BCUT2D eigenvalue weighted by Crippen LogP contribution is -2.24. The van der Waals surface area contributed by atoms with Gasteiger partial charge >= 0.3 is 0 Å². The van der Waals surface area contributed by atoms with Crippen molar-refractivity contribution < 1.29 is 9.90 Å². The van der Waals surface area contributed by atoms with Gasteiger partial charge in [-0.15, -0.1) is 10.2 Å². The second kappa shape index (κ2) is 6.68. The molecule has 0 unspecified atom stereocenters. The monoisotopic (exact) mass is 284 g/mol. The van der Waals surface area contributed by atoms with Gasteiger partial charge in [-0.3, -0.25) is 4.79 Å². The Morgan fingerprint density at radius 3 is 2.90 bits per heavy atom. The summed E-state index contributed by atoms with van der Waals surface area (Å²) in [5, 5.41) is 19.1. The van der Waals surface area contributed by atoms with Crippen molar-refractivity contribution in [2.45, 2.75) is 13.5 Å². The van der Waals surface area contributed by atoms with Crippen LogP contribution in [0.2, 0.25) is 0 Å². The summed E-state index contributed by atoms with van der Waals surface area (Å²) in [6, 6.07) is 5.25. The summed E-state index contributed by atoms with van der Waals surface area (Å²) in [5.41, 5.74) is 2.25. The lowest BCUT2D eigenvalue weighted by Gasteiger charge is -2.06. The predicted octanol–water partition coefficient (Wildman–Crippen LogP) is 0.397. The fraction of sp³-hybridized carbons (Fsp3) is 0.267. The third-order valence-electron chi connectivity index (χ3n) is 3.00. The van der Waals surface area contributed by atoms with E-state index in [1.165, 1.54) is 0 Å². The summed E-state index contributed by atoms with van der Waals surface area (Å²) in [5.74, 6) is 5.94. The van der Waals surface area contributed by atoms with Gasteiger partial charge in [0.05, 0.1) is 6.54 Å². The van der Waals surface area contributed by atoms with E-state index in [0.29, 0.717) is 17.9 Å². The van der Waals surface area contributed by atoms with Gasteiger partial charge < -0.3 is 15.0 Å². The number of aromatic nitrogens is 3. The molecule has 0 aliphatic carbocycles. The summed E-state index contributed by atoms with van der Waals surface area (Å²) in [6.45, 7) is 2.01. The Labute approximate surface area is 122 Å². The van der Waals surface area contributed by atoms with Crippen LogP contribution in [-0.4, -0.2) is 32.4 Å². The number of amides is 1. The standard InChI is InChI=1S/C15H16N4O2/c1-11-8-13(6-5-12(11)4-3-7-20)15(21)16-9-14-18-17-10-19(14)2/h5-6,8,10,20H,7,9H2,1-2H3,(H,16,21). The third-order valence-corrected chi connectivity index (χ3v) is 3.00. The normalized spacial score (nSPS) is 9.86. The molecule has 0 aliphatic rings. The van der Waals surface area contributed by atoms with Crippen molar-refractivity contribution in [2.24, 2.45) is 7.05 Å². The average molecular weight is 284 g/mol. The van der Waals surface area contributed by atoms with Crippen molar-refractivity contribution in [3.05, 3.63) is 47.0 Å². The maximum atomic E-state index is 12.1. The van der Waals surface area contributed by atoms with Crippen LogP contribution in [0.3, 0.4) is 0 Å². The molecule has 1 amide bonds. The fourth-order valence-corrected chi connectivity index (χ4v) is 1.81. The van der Waals surface area contributed by atoms with E-state index in [1.54, 1.807) is 29.1 Å². The van der Waals surface area contributed by atoms with Crippen LogP contribution < -0.4 is 5.32 Å². The van der Waals surface area contributed by atoms with Crippen molar-refractivity contribution in [3.8, 4) is 11.8 Å². The minimum atomic E-state index is -0.181. The zero-order chi connectivity index (χ0) is 15.2. The van der Waals surface area contributed by atoms with Crippen LogP contribution in [0.4, 0.5) is 0 Å². The Morgan fingerprint density at radius 1 is 1.48 bits per heavy atom. The number of aryl methyl sites for hydroxylation is 2. The van der Waals surface area contributed by atoms with Gasteiger partial charge in [0, 0.05) is 18.2 Å². The second-order valence-corrected chi connectivity index (χ2v) is 4.53. The molecule has 108 valence electrons. The van der Waals surface area contributed by atoms with E-state index >= 15 is 0 Å². The van der Waals surface area contributed by atoms with Crippen molar-refractivity contribution in [3.63, 3.8) is 0 Å². The van der Waals surface area contributed by atoms with E-state index in [-0.39, 0.29) is 12.5 Å². The largest absolute Gasteiger partial charge is 0.384 e. The van der Waals surface area contributed by atoms with Crippen LogP contribution in [-0.2, 0) is 13.6 Å². The van der Waals surface area contributed by atoms with Crippen LogP contribution in [0.25, 0.3) is 0 Å². The number of aliphatic hydroxyl groups excluding tert-OH is 1. The first kappa shape index (κ1) is 14.8. The molecule has 1 aromatic heterocycles. The molecule has 2 aromatic rings. The predicted molar refractivity (Wildman–Crippen MR) is 77.3 cm³/mol. The highest BCUT2D eigenvalue weighted by molar-refractivity contribution is 5.94. The average Bonchev–Trinajstić information content (AvgIpc) is 2.88. The molecule has 6 nitrogen and oxygen atoms in total. The second-order valence-electron chi connectivity index (χ2n) is 4.53. The molecule has 0 saturated heterocycles. The van der Waals surface area contributed by atoms with Gasteiger partial charge in [-0.25, -0.2) is 0 Å². The molecule has 0 atom stereocenters. The smallest absolute Gasteiger partial charge is 0.251 e. The molecule has 0 aliphatic heterocycles. The molecule has 2 N–H and O–H groups in total. The Kier molecular flexibility index (Phi) is 4.69. The van der Waals surface area contributed by atoms with E-state index in [2.05, 4.69) is 27.4 Å². The Morgan fingerprint density at radius 2 is 2.29 bits per heavy atom. The summed E-state index contributed by atoms with van der Waals surface area (Å²) in [6.07, 6.45) is 1.58. The van der Waals surface area contributed by atoms with Gasteiger partial charge in [0.1, 0.15) is 12.9 Å². The number of rotatable bonds is 3. The molecule has 2 rings (SSSR count). The highest BCUT2D eigenvalue weighted by Crippen LogP contribution is 2.10. The van der Waals surface area contributed by atoms with Gasteiger partial charge in [-0.1, -0.05) is 11.8 Å². The van der Waals surface area contributed by atoms with E-state index in [4.69, 9.17) is 5.11 Å². The first-order chi connectivity index (χ1) is 10.1. The van der Waals surface area contributed by atoms with Crippen LogP contribution in [0.15, 0.2) is 24.5 Å². The molecule has 0 radical (unpaired) electrons. The number of carbonyl (C=O) groups excluding carboxylic acids is 1. The summed E-state index contributed by atoms with van der Waals surface area (Å²) < 4.78 is 1.75. The first-order valence-corrected chi connectivity index (χ1v) is 6.43. The van der Waals surface area contributed by atoms with Gasteiger partial charge in [0.2, 0.25) is 0 Å². The molecule has 0 fully saturated rings. The maximum absolute atomic E-state index is 12.1. The van der Waals surface area contributed by atoms with Crippen molar-refractivity contribution in [1.29, 1.82) is 0 Å². The summed E-state index contributed by atoms with van der Waals surface area (Å²) >= 11 is 0. The third kappa shape index (κ3) is 3.68. The SMILES string of the molecule is Cc1cc(C(=O)NCc2nncn2C)ccc1C#CCO. The van der Waals surface area contributed by atoms with Gasteiger partial charge in [0.15, 0.2) is 5.82 Å². The molecule has 6 heteroatoms. The summed E-state index contributed by atoms with van der Waals surface area (Å²) in [4.78, 5) is 12.1. The van der Waals surface area contributed by atoms with Crippen molar-refractivity contribution in [1.82, 2.24) is 20.1 Å². The number of nitrogens with zero attached hydrogens (tertiary/aromatic N) is 3. The molecular formula is C15H16N4O2. The Bertz CT molecular complexity index is 710. The quantitative estimate of drug-likeness (QED) is 0.799. The Balaban J connectivity index is 2.06. The van der Waals surface area contributed by atoms with Gasteiger partial charge in [0.25, 0.3) is 5.91 Å². The fourth-order valence-electron chi connectivity index (χ4n) is 1.81. The minimum Gasteiger partial charge on any atom is -0.384 e. The number of hydrogen-bond acceptors (Lipinski definition) is 4. The lowest BCUT2D eigenvalue weighted by atomic mass is 10.0. The molecule has 0 bridgehead atoms. The highest BCUT2D eigenvalue weighted by atomic mass is 16.2. The van der Waals surface area contributed by atoms with Crippen molar-refractivity contribution in [2.75, 3.05) is 6.61 Å². The van der Waals surface area contributed by atoms with Crippen molar-refractivity contribution >= 4 is 5.91 Å². The molecule has 21 heavy (non-hydrogen) atoms. The van der Waals surface area contributed by atoms with E-state index in [0.717, 1.165) is 11.1 Å².